The molecule has 8 amide bonds. The number of primary amides is 1. The number of nitrogens with two attached hydrogens (primary N) is 2. The number of amides is 8. The number of carbonyl (C=O) groups excluding carboxylic acids is 8. The fraction of sp³-hybridized carbons (Fsp3) is 0.615. The van der Waals surface area contributed by atoms with Gasteiger partial charge in [-0.15, -0.1) is 0 Å². The van der Waals surface area contributed by atoms with E-state index in [9.17, 15) is 63.6 Å². The number of carbonyl (C=O) groups is 9. The lowest BCUT2D eigenvalue weighted by Crippen LogP contribution is -2.60. The van der Waals surface area contributed by atoms with Crippen molar-refractivity contribution in [1.29, 1.82) is 0 Å². The minimum atomic E-state index is -1.75. The van der Waals surface area contributed by atoms with E-state index in [4.69, 9.17) is 11.5 Å². The molecule has 0 aromatic heterocycles. The van der Waals surface area contributed by atoms with E-state index in [-0.39, 0.29) is 43.4 Å². The summed E-state index contributed by atoms with van der Waals surface area (Å²) in [6.07, 6.45) is 0.923. The molecule has 0 unspecified atom stereocenters. The second-order valence-electron chi connectivity index (χ2n) is 15.7. The summed E-state index contributed by atoms with van der Waals surface area (Å²) in [5.74, 6) is -7.84. The number of carboxylic acid groups (broad SMARTS) is 1. The first-order valence-electron chi connectivity index (χ1n) is 20.2. The van der Waals surface area contributed by atoms with Gasteiger partial charge in [-0.2, -0.15) is 0 Å². The maximum Gasteiger partial charge on any atom is 0.328 e. The van der Waals surface area contributed by atoms with Crippen molar-refractivity contribution in [2.45, 2.75) is 120 Å². The highest BCUT2D eigenvalue weighted by Crippen LogP contribution is 2.22. The van der Waals surface area contributed by atoms with Crippen LogP contribution in [-0.2, 0) is 49.6 Å². The molecule has 2 saturated heterocycles. The molecule has 13 N–H and O–H groups in total. The van der Waals surface area contributed by atoms with Crippen LogP contribution in [-0.4, -0.2) is 158 Å². The molecule has 2 heterocycles. The lowest BCUT2D eigenvalue weighted by molar-refractivity contribution is -0.144. The fourth-order valence-corrected chi connectivity index (χ4v) is 7.14. The number of phenolic OH excluding ortho intramolecular Hbond substituents is 1. The number of likely N-dealkylation sites (tertiary alicyclic amines) is 2. The van der Waals surface area contributed by atoms with Crippen LogP contribution in [0.25, 0.3) is 0 Å². The number of rotatable bonds is 22. The molecule has 2 fully saturated rings. The summed E-state index contributed by atoms with van der Waals surface area (Å²) in [7, 11) is 0. The van der Waals surface area contributed by atoms with Gasteiger partial charge in [0.2, 0.25) is 47.3 Å². The maximum absolute atomic E-state index is 13.7. The third-order valence-corrected chi connectivity index (χ3v) is 10.4. The molecule has 0 spiro atoms. The Balaban J connectivity index is 1.71. The van der Waals surface area contributed by atoms with Crippen molar-refractivity contribution in [1.82, 2.24) is 36.4 Å². The van der Waals surface area contributed by atoms with Crippen molar-refractivity contribution >= 4 is 53.2 Å². The summed E-state index contributed by atoms with van der Waals surface area (Å²) >= 11 is 0. The van der Waals surface area contributed by atoms with Crippen molar-refractivity contribution in [2.75, 3.05) is 26.3 Å². The van der Waals surface area contributed by atoms with E-state index in [1.165, 1.54) is 41.0 Å². The molecule has 1 aromatic rings. The van der Waals surface area contributed by atoms with Gasteiger partial charge in [-0.05, 0) is 69.1 Å². The highest BCUT2D eigenvalue weighted by atomic mass is 16.4. The second kappa shape index (κ2) is 23.2. The van der Waals surface area contributed by atoms with Gasteiger partial charge in [0, 0.05) is 25.9 Å². The highest BCUT2D eigenvalue weighted by molar-refractivity contribution is 5.98. The summed E-state index contributed by atoms with van der Waals surface area (Å²) in [6.45, 7) is 3.77. The van der Waals surface area contributed by atoms with Crippen molar-refractivity contribution in [3.8, 4) is 5.75 Å². The SMILES string of the molecule is CC(C)C[C@H](N)C(=O)N1CCC[C@H]1C(=O)N[C@@H](C)C(=O)N1CCC[C@H]1C(=O)N[C@@H](CCC(N)=O)C(=O)N[C@@H](CO)C(=O)N[C@@H](Cc1ccc(O)cc1)C(=O)N[C@@H](CO)C(=O)O. The fourth-order valence-electron chi connectivity index (χ4n) is 7.14. The van der Waals surface area contributed by atoms with Crippen LogP contribution in [0.4, 0.5) is 0 Å². The first kappa shape index (κ1) is 49.5. The van der Waals surface area contributed by atoms with Crippen molar-refractivity contribution in [3.63, 3.8) is 0 Å². The summed E-state index contributed by atoms with van der Waals surface area (Å²) in [4.78, 5) is 120. The Morgan fingerprint density at radius 2 is 1.20 bits per heavy atom. The molecule has 0 aliphatic carbocycles. The number of carboxylic acids is 1. The Hall–Kier alpha value is -5.87. The number of aromatic hydroxyl groups is 1. The van der Waals surface area contributed by atoms with E-state index < -0.39 is 115 Å². The van der Waals surface area contributed by atoms with Crippen LogP contribution in [0.15, 0.2) is 24.3 Å². The normalized spacial score (nSPS) is 19.1. The number of nitrogens with one attached hydrogen (secondary N) is 5. The summed E-state index contributed by atoms with van der Waals surface area (Å²) in [5.41, 5.74) is 11.8. The molecule has 0 radical (unpaired) electrons. The average Bonchev–Trinajstić information content (AvgIpc) is 3.91. The van der Waals surface area contributed by atoms with Crippen molar-refractivity contribution in [3.05, 3.63) is 29.8 Å². The third-order valence-electron chi connectivity index (χ3n) is 10.4. The topological polar surface area (TPSA) is 353 Å². The van der Waals surface area contributed by atoms with E-state index in [0.717, 1.165) is 0 Å². The predicted octanol–water partition coefficient (Wildman–Crippen LogP) is -3.93. The molecule has 0 bridgehead atoms. The lowest BCUT2D eigenvalue weighted by Gasteiger charge is -2.31. The van der Waals surface area contributed by atoms with Gasteiger partial charge in [-0.25, -0.2) is 4.79 Å². The van der Waals surface area contributed by atoms with Gasteiger partial charge in [0.25, 0.3) is 0 Å². The van der Waals surface area contributed by atoms with Crippen LogP contribution in [0.3, 0.4) is 0 Å². The molecular weight excluding hydrogens is 802 g/mol. The van der Waals surface area contributed by atoms with E-state index in [1.54, 1.807) is 0 Å². The van der Waals surface area contributed by atoms with Crippen molar-refractivity contribution < 1.29 is 63.6 Å². The highest BCUT2D eigenvalue weighted by Gasteiger charge is 2.41. The van der Waals surface area contributed by atoms with E-state index >= 15 is 0 Å². The minimum Gasteiger partial charge on any atom is -0.508 e. The number of aliphatic hydroxyl groups is 2. The van der Waals surface area contributed by atoms with Crippen LogP contribution in [0, 0.1) is 5.92 Å². The molecule has 2 aliphatic heterocycles. The Labute approximate surface area is 352 Å². The Morgan fingerprint density at radius 1 is 0.705 bits per heavy atom. The molecule has 22 nitrogen and oxygen atoms in total. The largest absolute Gasteiger partial charge is 0.508 e. The molecule has 338 valence electrons. The summed E-state index contributed by atoms with van der Waals surface area (Å²) < 4.78 is 0. The van der Waals surface area contributed by atoms with E-state index in [1.807, 2.05) is 13.8 Å². The van der Waals surface area contributed by atoms with Gasteiger partial charge in [-0.1, -0.05) is 26.0 Å². The molecule has 61 heavy (non-hydrogen) atoms. The van der Waals surface area contributed by atoms with Gasteiger partial charge in [0.05, 0.1) is 19.3 Å². The van der Waals surface area contributed by atoms with Gasteiger partial charge >= 0.3 is 5.97 Å². The molecule has 3 rings (SSSR count). The van der Waals surface area contributed by atoms with E-state index in [2.05, 4.69) is 26.6 Å². The number of nitrogens with zero attached hydrogens (tertiary/aromatic N) is 2. The molecule has 8 atom stereocenters. The third kappa shape index (κ3) is 14.4. The molecule has 1 aromatic carbocycles. The Kier molecular flexibility index (Phi) is 18.8. The first-order valence-corrected chi connectivity index (χ1v) is 20.2. The number of aliphatic hydroxyl groups excluding tert-OH is 2. The van der Waals surface area contributed by atoms with Gasteiger partial charge in [0.1, 0.15) is 48.0 Å². The van der Waals surface area contributed by atoms with Gasteiger partial charge < -0.3 is 68.3 Å². The number of benzene rings is 1. The molecular formula is C39H59N9O13. The Morgan fingerprint density at radius 3 is 1.72 bits per heavy atom. The van der Waals surface area contributed by atoms with Crippen LogP contribution >= 0.6 is 0 Å². The summed E-state index contributed by atoms with van der Waals surface area (Å²) in [6, 6.07) is -4.91. The van der Waals surface area contributed by atoms with Crippen LogP contribution in [0.1, 0.15) is 71.3 Å². The first-order chi connectivity index (χ1) is 28.8. The minimum absolute atomic E-state index is 0.101. The average molecular weight is 862 g/mol. The zero-order valence-corrected chi connectivity index (χ0v) is 34.5. The summed E-state index contributed by atoms with van der Waals surface area (Å²) in [5, 5.41) is 50.3. The monoisotopic (exact) mass is 861 g/mol. The lowest BCUT2D eigenvalue weighted by atomic mass is 10.0. The number of hydrogen-bond donors (Lipinski definition) is 11. The quantitative estimate of drug-likeness (QED) is 0.0531. The van der Waals surface area contributed by atoms with Crippen LogP contribution < -0.4 is 38.1 Å². The number of phenols is 1. The predicted molar refractivity (Wildman–Crippen MR) is 214 cm³/mol. The van der Waals surface area contributed by atoms with Crippen LogP contribution in [0.5, 0.6) is 5.75 Å². The molecule has 2 aliphatic rings. The second-order valence-corrected chi connectivity index (χ2v) is 15.7. The zero-order chi connectivity index (χ0) is 45.6. The van der Waals surface area contributed by atoms with Gasteiger partial charge in [-0.3, -0.25) is 38.4 Å². The molecule has 0 saturated carbocycles. The van der Waals surface area contributed by atoms with E-state index in [0.29, 0.717) is 37.8 Å². The molecule has 22 heteroatoms. The maximum atomic E-state index is 13.7. The Bertz CT molecular complexity index is 1760. The van der Waals surface area contributed by atoms with Crippen molar-refractivity contribution in [2.24, 2.45) is 17.4 Å². The van der Waals surface area contributed by atoms with Gasteiger partial charge in [0.15, 0.2) is 0 Å². The number of aliphatic carboxylic acids is 1. The van der Waals surface area contributed by atoms with Crippen LogP contribution in [0.2, 0.25) is 0 Å². The standard InChI is InChI=1S/C39H59N9O13/c1-20(2)16-24(40)38(59)48-15-5-6-29(48)35(56)42-21(3)37(58)47-14-4-7-30(47)36(57)43-25(12-13-31(41)52)32(53)45-27(18-49)34(55)44-26(17-22-8-10-23(51)11-9-22)33(54)46-28(19-50)39(60)61/h8-11,20-21,24-30,49-51H,4-7,12-19,40H2,1-3H3,(H2,41,52)(H,42,56)(H,43,57)(H,44,55)(H,45,53)(H,46,54)(H,60,61)/t21-,24-,25-,26-,27-,28-,29-,30-/m0/s1. The smallest absolute Gasteiger partial charge is 0.328 e. The zero-order valence-electron chi connectivity index (χ0n) is 34.5. The number of hydrogen-bond acceptors (Lipinski definition) is 13.